The first-order valence-corrected chi connectivity index (χ1v) is 37.5. The van der Waals surface area contributed by atoms with E-state index in [4.69, 9.17) is 9.05 Å². The molecular formula is C78H137N2O6P. The number of aliphatic hydroxyl groups excluding tert-OH is 1. The fourth-order valence-corrected chi connectivity index (χ4v) is 10.8. The minimum absolute atomic E-state index is 0.00120. The number of nitrogens with zero attached hydrogens (tertiary/aromatic N) is 1. The van der Waals surface area contributed by atoms with Crippen LogP contribution in [0, 0.1) is 0 Å². The maximum absolute atomic E-state index is 13.1. The summed E-state index contributed by atoms with van der Waals surface area (Å²) >= 11 is 0. The summed E-state index contributed by atoms with van der Waals surface area (Å²) in [4.78, 5) is 25.7. The lowest BCUT2D eigenvalue weighted by Crippen LogP contribution is -2.46. The highest BCUT2D eigenvalue weighted by atomic mass is 31.2. The van der Waals surface area contributed by atoms with E-state index in [9.17, 15) is 19.4 Å². The first kappa shape index (κ1) is 83.6. The molecule has 0 aromatic rings. The first-order valence-electron chi connectivity index (χ1n) is 36.0. The smallest absolute Gasteiger partial charge is 0.268 e. The molecule has 3 unspecified atom stereocenters. The van der Waals surface area contributed by atoms with Gasteiger partial charge in [-0.15, -0.1) is 0 Å². The van der Waals surface area contributed by atoms with E-state index in [0.29, 0.717) is 23.9 Å². The Labute approximate surface area is 538 Å². The van der Waals surface area contributed by atoms with Crippen molar-refractivity contribution in [3.63, 3.8) is 0 Å². The van der Waals surface area contributed by atoms with Gasteiger partial charge in [-0.2, -0.15) is 0 Å². The number of hydrogen-bond donors (Lipinski definition) is 2. The van der Waals surface area contributed by atoms with Crippen LogP contribution in [0.25, 0.3) is 0 Å². The van der Waals surface area contributed by atoms with Crippen molar-refractivity contribution in [1.29, 1.82) is 0 Å². The predicted octanol–water partition coefficient (Wildman–Crippen LogP) is 22.8. The fraction of sp³-hybridized carbons (Fsp3) is 0.705. The average molecular weight is 1230 g/mol. The largest absolute Gasteiger partial charge is 0.756 e. The summed E-state index contributed by atoms with van der Waals surface area (Å²) in [6.45, 7) is 4.60. The van der Waals surface area contributed by atoms with Crippen LogP contribution in [-0.4, -0.2) is 68.5 Å². The normalized spacial score (nSPS) is 14.4. The zero-order valence-electron chi connectivity index (χ0n) is 57.2. The number of amides is 1. The number of hydrogen-bond acceptors (Lipinski definition) is 6. The highest BCUT2D eigenvalue weighted by Crippen LogP contribution is 2.38. The number of allylic oxidation sites excluding steroid dienone is 22. The molecule has 87 heavy (non-hydrogen) atoms. The van der Waals surface area contributed by atoms with Gasteiger partial charge in [-0.25, -0.2) is 0 Å². The van der Waals surface area contributed by atoms with Crippen molar-refractivity contribution < 1.29 is 32.9 Å². The molecule has 0 aromatic heterocycles. The molecule has 0 aromatic carbocycles. The maximum Gasteiger partial charge on any atom is 0.268 e. The van der Waals surface area contributed by atoms with E-state index in [0.717, 1.165) is 116 Å². The topological polar surface area (TPSA) is 108 Å². The Balaban J connectivity index is 4.17. The van der Waals surface area contributed by atoms with E-state index in [1.165, 1.54) is 161 Å². The number of unbranched alkanes of at least 4 members (excludes halogenated alkanes) is 30. The summed E-state index contributed by atoms with van der Waals surface area (Å²) < 4.78 is 23.5. The molecule has 0 saturated heterocycles. The summed E-state index contributed by atoms with van der Waals surface area (Å²) in [6.07, 6.45) is 101. The second-order valence-electron chi connectivity index (χ2n) is 25.2. The van der Waals surface area contributed by atoms with Crippen LogP contribution >= 0.6 is 7.82 Å². The van der Waals surface area contributed by atoms with Crippen molar-refractivity contribution in [2.75, 3.05) is 40.9 Å². The molecule has 2 N–H and O–H groups in total. The number of nitrogens with one attached hydrogen (secondary N) is 1. The lowest BCUT2D eigenvalue weighted by Gasteiger charge is -2.30. The van der Waals surface area contributed by atoms with Gasteiger partial charge in [-0.3, -0.25) is 9.36 Å². The van der Waals surface area contributed by atoms with Crippen molar-refractivity contribution >= 4 is 13.7 Å². The number of aliphatic hydroxyl groups is 1. The molecule has 500 valence electrons. The molecule has 9 heteroatoms. The maximum atomic E-state index is 13.1. The lowest BCUT2D eigenvalue weighted by molar-refractivity contribution is -0.870. The number of rotatable bonds is 65. The van der Waals surface area contributed by atoms with Crippen LogP contribution in [-0.2, 0) is 18.4 Å². The minimum atomic E-state index is -4.60. The van der Waals surface area contributed by atoms with Crippen LogP contribution in [0.5, 0.6) is 0 Å². The van der Waals surface area contributed by atoms with Gasteiger partial charge in [-0.05, 0) is 96.3 Å². The summed E-state index contributed by atoms with van der Waals surface area (Å²) in [5, 5.41) is 14.1. The van der Waals surface area contributed by atoms with Crippen LogP contribution in [0.3, 0.4) is 0 Å². The van der Waals surface area contributed by atoms with Crippen LogP contribution in [0.1, 0.15) is 303 Å². The number of phosphoric ester groups is 1. The number of carbonyl (C=O) groups excluding carboxylic acids is 1. The third-order valence-electron chi connectivity index (χ3n) is 15.7. The molecule has 1 amide bonds. The third-order valence-corrected chi connectivity index (χ3v) is 16.6. The van der Waals surface area contributed by atoms with Crippen molar-refractivity contribution in [2.45, 2.75) is 315 Å². The number of likely N-dealkylation sites (N-methyl/N-ethyl adjacent to an activating group) is 1. The van der Waals surface area contributed by atoms with Gasteiger partial charge in [0.25, 0.3) is 7.82 Å². The van der Waals surface area contributed by atoms with E-state index in [1.54, 1.807) is 0 Å². The zero-order valence-corrected chi connectivity index (χ0v) is 58.1. The highest BCUT2D eigenvalue weighted by Gasteiger charge is 2.24. The molecule has 0 aliphatic rings. The molecule has 0 saturated carbocycles. The van der Waals surface area contributed by atoms with Crippen LogP contribution in [0.2, 0.25) is 0 Å². The zero-order chi connectivity index (χ0) is 63.4. The molecule has 0 heterocycles. The monoisotopic (exact) mass is 1230 g/mol. The summed E-state index contributed by atoms with van der Waals surface area (Å²) in [6, 6.07) is -0.831. The molecular weight excluding hydrogens is 1090 g/mol. The van der Waals surface area contributed by atoms with Crippen molar-refractivity contribution in [1.82, 2.24) is 5.32 Å². The Morgan fingerprint density at radius 3 is 1.01 bits per heavy atom. The van der Waals surface area contributed by atoms with Crippen molar-refractivity contribution in [2.24, 2.45) is 0 Å². The van der Waals surface area contributed by atoms with Crippen molar-refractivity contribution in [3.05, 3.63) is 134 Å². The van der Waals surface area contributed by atoms with Gasteiger partial charge in [0.1, 0.15) is 13.2 Å². The van der Waals surface area contributed by atoms with Crippen molar-refractivity contribution in [3.8, 4) is 0 Å². The molecule has 8 nitrogen and oxygen atoms in total. The van der Waals surface area contributed by atoms with E-state index in [-0.39, 0.29) is 19.1 Å². The van der Waals surface area contributed by atoms with Gasteiger partial charge in [0, 0.05) is 6.42 Å². The molecule has 3 atom stereocenters. The van der Waals surface area contributed by atoms with E-state index in [2.05, 4.69) is 153 Å². The molecule has 0 radical (unpaired) electrons. The summed E-state index contributed by atoms with van der Waals surface area (Å²) in [5.74, 6) is -0.198. The second kappa shape index (κ2) is 67.0. The van der Waals surface area contributed by atoms with Crippen LogP contribution in [0.15, 0.2) is 134 Å². The standard InChI is InChI=1S/C78H137N2O6P/c1-6-8-10-12-14-16-18-20-22-24-26-28-30-32-34-36-37-38-39-40-41-42-43-44-46-48-50-52-54-56-58-60-62-64-66-68-70-72-78(82)79-76(75-86-87(83,84)85-74-73-80(3,4)5)77(81)71-69-67-65-63-61-59-57-55-53-51-49-47-45-35-33-31-29-27-25-23-21-19-17-15-13-11-9-7-2/h8,10,14,16,20,22,26,28,32,34,37-38,40-41,43-44,48,50,54,56,60,62,76-77,81H,6-7,9,11-13,15,17-19,21,23-25,27,29-31,33,35-36,39,42,45-47,49,51-53,55,57-59,61,63-75H2,1-5H3,(H-,79,82,83,84)/b10-8-,16-14-,22-20-,28-26-,34-32-,38-37-,41-40-,44-43-,50-48-,56-54-,62-60-. The van der Waals surface area contributed by atoms with Crippen LogP contribution in [0.4, 0.5) is 0 Å². The summed E-state index contributed by atoms with van der Waals surface area (Å²) in [7, 11) is 1.27. The van der Waals surface area contributed by atoms with Crippen LogP contribution < -0.4 is 10.2 Å². The van der Waals surface area contributed by atoms with E-state index < -0.39 is 20.0 Å². The minimum Gasteiger partial charge on any atom is -0.756 e. The fourth-order valence-electron chi connectivity index (χ4n) is 10.1. The molecule has 0 rings (SSSR count). The molecule has 0 spiro atoms. The predicted molar refractivity (Wildman–Crippen MR) is 380 cm³/mol. The molecule has 0 aliphatic carbocycles. The van der Waals surface area contributed by atoms with E-state index in [1.807, 2.05) is 21.1 Å². The Hall–Kier alpha value is -3.36. The quantitative estimate of drug-likeness (QED) is 0.0272. The Bertz CT molecular complexity index is 1880. The molecule has 0 fully saturated rings. The Morgan fingerprint density at radius 2 is 0.701 bits per heavy atom. The van der Waals surface area contributed by atoms with Gasteiger partial charge < -0.3 is 28.8 Å². The van der Waals surface area contributed by atoms with Gasteiger partial charge in [-0.1, -0.05) is 334 Å². The second-order valence-corrected chi connectivity index (χ2v) is 26.6. The number of phosphoric acid groups is 1. The first-order chi connectivity index (χ1) is 42.5. The third kappa shape index (κ3) is 70.0. The summed E-state index contributed by atoms with van der Waals surface area (Å²) in [5.41, 5.74) is 0. The van der Waals surface area contributed by atoms with Gasteiger partial charge >= 0.3 is 0 Å². The molecule has 0 aliphatic heterocycles. The Morgan fingerprint density at radius 1 is 0.414 bits per heavy atom. The highest BCUT2D eigenvalue weighted by molar-refractivity contribution is 7.45. The lowest BCUT2D eigenvalue weighted by atomic mass is 10.0. The number of quaternary nitrogens is 1. The number of carbonyl (C=O) groups is 1. The average Bonchev–Trinajstić information content (AvgIpc) is 3.70. The Kier molecular flexibility index (Phi) is 64.5. The van der Waals surface area contributed by atoms with Gasteiger partial charge in [0.05, 0.1) is 39.9 Å². The van der Waals surface area contributed by atoms with Gasteiger partial charge in [0.15, 0.2) is 0 Å². The SMILES string of the molecule is CC/C=C\C/C=C\C/C=C\C/C=C\C/C=C\C/C=C\C/C=C\C/C=C\C/C=C\C/C=C\C/C=C\CCCCCC(=O)NC(COP(=O)([O-])OCC[N+](C)(C)C)C(O)CCCCCCCCCCCCCCCCCCCCCCCCCCCCCC. The van der Waals surface area contributed by atoms with E-state index >= 15 is 0 Å². The van der Waals surface area contributed by atoms with Gasteiger partial charge in [0.2, 0.25) is 5.91 Å². The molecule has 0 bridgehead atoms.